The highest BCUT2D eigenvalue weighted by molar-refractivity contribution is 5.49. The van der Waals surface area contributed by atoms with Gasteiger partial charge in [-0.15, -0.1) is 0 Å². The summed E-state index contributed by atoms with van der Waals surface area (Å²) in [5.74, 6) is 6.28. The van der Waals surface area contributed by atoms with Crippen LogP contribution in [0.25, 0.3) is 0 Å². The summed E-state index contributed by atoms with van der Waals surface area (Å²) in [5, 5.41) is 11.8. The van der Waals surface area contributed by atoms with Gasteiger partial charge in [0.25, 0.3) is 0 Å². The van der Waals surface area contributed by atoms with Gasteiger partial charge in [0.05, 0.1) is 18.7 Å². The Kier molecular flexibility index (Phi) is 6.10. The van der Waals surface area contributed by atoms with E-state index in [1.54, 1.807) is 18.2 Å². The number of hydrogen-bond acceptors (Lipinski definition) is 3. The van der Waals surface area contributed by atoms with Crippen molar-refractivity contribution in [1.29, 1.82) is 0 Å². The zero-order valence-electron chi connectivity index (χ0n) is 12.7. The molecule has 2 rings (SSSR count). The van der Waals surface area contributed by atoms with Gasteiger partial charge in [0.1, 0.15) is 12.4 Å². The molecule has 0 atom stereocenters. The molecule has 6 heteroatoms. The number of hydrogen-bond donors (Lipinski definition) is 2. The Morgan fingerprint density at radius 3 is 2.50 bits per heavy atom. The zero-order valence-corrected chi connectivity index (χ0v) is 12.7. The summed E-state index contributed by atoms with van der Waals surface area (Å²) in [6.07, 6.45) is -4.34. The fourth-order valence-corrected chi connectivity index (χ4v) is 1.89. The third kappa shape index (κ3) is 5.52. The molecule has 0 radical (unpaired) electrons. The van der Waals surface area contributed by atoms with Gasteiger partial charge in [-0.1, -0.05) is 17.9 Å². The standard InChI is InChI=1S/C18H16F3NO2/c19-18(20,21)15-8-6-14(7-9-15)3-2-10-22-16-4-1-5-17(13-16)24-12-11-23/h1,4-9,13,22-23H,10-12H2. The predicted molar refractivity (Wildman–Crippen MR) is 85.8 cm³/mol. The molecule has 126 valence electrons. The van der Waals surface area contributed by atoms with E-state index in [0.29, 0.717) is 17.9 Å². The quantitative estimate of drug-likeness (QED) is 0.821. The summed E-state index contributed by atoms with van der Waals surface area (Å²) in [6.45, 7) is 0.498. The van der Waals surface area contributed by atoms with Crippen molar-refractivity contribution in [1.82, 2.24) is 0 Å². The van der Waals surface area contributed by atoms with Gasteiger partial charge in [-0.2, -0.15) is 13.2 Å². The Morgan fingerprint density at radius 2 is 1.83 bits per heavy atom. The molecule has 0 aromatic heterocycles. The van der Waals surface area contributed by atoms with Gasteiger partial charge >= 0.3 is 6.18 Å². The van der Waals surface area contributed by atoms with Crippen LogP contribution < -0.4 is 10.1 Å². The number of benzene rings is 2. The van der Waals surface area contributed by atoms with E-state index in [0.717, 1.165) is 17.8 Å². The number of aliphatic hydroxyl groups is 1. The van der Waals surface area contributed by atoms with Crippen LogP contribution >= 0.6 is 0 Å². The van der Waals surface area contributed by atoms with Crippen LogP contribution in [-0.4, -0.2) is 24.9 Å². The highest BCUT2D eigenvalue weighted by Gasteiger charge is 2.29. The molecule has 0 fully saturated rings. The summed E-state index contributed by atoms with van der Waals surface area (Å²) in [5.41, 5.74) is 0.628. The van der Waals surface area contributed by atoms with Gasteiger partial charge in [-0.25, -0.2) is 0 Å². The Hall–Kier alpha value is -2.65. The minimum Gasteiger partial charge on any atom is -0.491 e. The van der Waals surface area contributed by atoms with Crippen LogP contribution in [-0.2, 0) is 6.18 Å². The lowest BCUT2D eigenvalue weighted by molar-refractivity contribution is -0.137. The van der Waals surface area contributed by atoms with Crippen LogP contribution in [0, 0.1) is 11.8 Å². The van der Waals surface area contributed by atoms with Crippen molar-refractivity contribution in [3.63, 3.8) is 0 Å². The normalized spacial score (nSPS) is 10.7. The van der Waals surface area contributed by atoms with Crippen molar-refractivity contribution in [3.05, 3.63) is 59.7 Å². The van der Waals surface area contributed by atoms with E-state index in [-0.39, 0.29) is 13.2 Å². The average Bonchev–Trinajstić information content (AvgIpc) is 2.57. The first-order valence-electron chi connectivity index (χ1n) is 7.23. The van der Waals surface area contributed by atoms with Crippen molar-refractivity contribution in [2.75, 3.05) is 25.1 Å². The first-order valence-corrected chi connectivity index (χ1v) is 7.23. The zero-order chi connectivity index (χ0) is 17.4. The first-order chi connectivity index (χ1) is 11.5. The van der Waals surface area contributed by atoms with Gasteiger partial charge in [0.2, 0.25) is 0 Å². The molecule has 0 aliphatic rings. The summed E-state index contributed by atoms with van der Waals surface area (Å²) in [6, 6.07) is 11.9. The summed E-state index contributed by atoms with van der Waals surface area (Å²) in [7, 11) is 0. The van der Waals surface area contributed by atoms with Gasteiger partial charge in [-0.05, 0) is 36.4 Å². The van der Waals surface area contributed by atoms with Crippen LogP contribution in [0.2, 0.25) is 0 Å². The maximum absolute atomic E-state index is 12.5. The Morgan fingerprint density at radius 1 is 1.08 bits per heavy atom. The van der Waals surface area contributed by atoms with Crippen LogP contribution in [0.15, 0.2) is 48.5 Å². The second-order valence-corrected chi connectivity index (χ2v) is 4.83. The predicted octanol–water partition coefficient (Wildman–Crippen LogP) is 3.54. The molecular weight excluding hydrogens is 319 g/mol. The SMILES string of the molecule is OCCOc1cccc(NCC#Cc2ccc(C(F)(F)F)cc2)c1. The lowest BCUT2D eigenvalue weighted by Gasteiger charge is -2.07. The smallest absolute Gasteiger partial charge is 0.416 e. The Bertz CT molecular complexity index is 716. The van der Waals surface area contributed by atoms with E-state index < -0.39 is 11.7 Å². The molecule has 0 spiro atoms. The molecule has 0 heterocycles. The van der Waals surface area contributed by atoms with Gasteiger partial charge in [0, 0.05) is 17.3 Å². The van der Waals surface area contributed by atoms with Crippen molar-refractivity contribution >= 4 is 5.69 Å². The van der Waals surface area contributed by atoms with E-state index in [1.165, 1.54) is 12.1 Å². The van der Waals surface area contributed by atoms with Crippen molar-refractivity contribution in [3.8, 4) is 17.6 Å². The minimum absolute atomic E-state index is 0.0593. The second-order valence-electron chi connectivity index (χ2n) is 4.83. The van der Waals surface area contributed by atoms with Crippen LogP contribution in [0.5, 0.6) is 5.75 Å². The summed E-state index contributed by atoms with van der Waals surface area (Å²) >= 11 is 0. The van der Waals surface area contributed by atoms with E-state index >= 15 is 0 Å². The van der Waals surface area contributed by atoms with E-state index in [4.69, 9.17) is 9.84 Å². The fourth-order valence-electron chi connectivity index (χ4n) is 1.89. The Balaban J connectivity index is 1.89. The monoisotopic (exact) mass is 335 g/mol. The van der Waals surface area contributed by atoms with Crippen molar-refractivity contribution in [2.45, 2.75) is 6.18 Å². The van der Waals surface area contributed by atoms with Gasteiger partial charge in [0.15, 0.2) is 0 Å². The number of aliphatic hydroxyl groups excluding tert-OH is 1. The Labute approximate surface area is 138 Å². The van der Waals surface area contributed by atoms with Gasteiger partial charge in [-0.3, -0.25) is 0 Å². The van der Waals surface area contributed by atoms with Crippen LogP contribution in [0.3, 0.4) is 0 Å². The third-order valence-corrected chi connectivity index (χ3v) is 3.02. The van der Waals surface area contributed by atoms with Crippen LogP contribution in [0.1, 0.15) is 11.1 Å². The molecule has 0 saturated carbocycles. The molecule has 0 amide bonds. The summed E-state index contributed by atoms with van der Waals surface area (Å²) in [4.78, 5) is 0. The van der Waals surface area contributed by atoms with E-state index in [2.05, 4.69) is 17.2 Å². The average molecular weight is 335 g/mol. The molecular formula is C18H16F3NO2. The van der Waals surface area contributed by atoms with E-state index in [9.17, 15) is 13.2 Å². The number of alkyl halides is 3. The maximum atomic E-state index is 12.5. The largest absolute Gasteiger partial charge is 0.491 e. The molecule has 2 aromatic carbocycles. The molecule has 0 saturated heterocycles. The lowest BCUT2D eigenvalue weighted by Crippen LogP contribution is -2.04. The first kappa shape index (κ1) is 17.7. The molecule has 0 bridgehead atoms. The lowest BCUT2D eigenvalue weighted by atomic mass is 10.1. The summed E-state index contributed by atoms with van der Waals surface area (Å²) < 4.78 is 42.7. The van der Waals surface area contributed by atoms with E-state index in [1.807, 2.05) is 6.07 Å². The number of rotatable bonds is 5. The molecule has 24 heavy (non-hydrogen) atoms. The van der Waals surface area contributed by atoms with Crippen LogP contribution in [0.4, 0.5) is 18.9 Å². The number of nitrogens with one attached hydrogen (secondary N) is 1. The molecule has 2 aromatic rings. The molecule has 2 N–H and O–H groups in total. The van der Waals surface area contributed by atoms with Gasteiger partial charge < -0.3 is 15.2 Å². The highest BCUT2D eigenvalue weighted by atomic mass is 19.4. The highest BCUT2D eigenvalue weighted by Crippen LogP contribution is 2.28. The topological polar surface area (TPSA) is 41.5 Å². The minimum atomic E-state index is -4.34. The number of anilines is 1. The third-order valence-electron chi connectivity index (χ3n) is 3.02. The second kappa shape index (κ2) is 8.27. The maximum Gasteiger partial charge on any atom is 0.416 e. The fraction of sp³-hybridized carbons (Fsp3) is 0.222. The molecule has 0 aliphatic carbocycles. The number of ether oxygens (including phenoxy) is 1. The van der Waals surface area contributed by atoms with Crippen molar-refractivity contribution in [2.24, 2.45) is 0 Å². The van der Waals surface area contributed by atoms with Crippen molar-refractivity contribution < 1.29 is 23.0 Å². The number of halogens is 3. The molecule has 0 unspecified atom stereocenters. The molecule has 3 nitrogen and oxygen atoms in total. The molecule has 0 aliphatic heterocycles.